The molecular weight excluding hydrogens is 404 g/mol. The number of hydrogen-bond acceptors (Lipinski definition) is 2. The highest BCUT2D eigenvalue weighted by atomic mass is 16.5. The first-order valence-electron chi connectivity index (χ1n) is 12.0. The van der Waals surface area contributed by atoms with Gasteiger partial charge in [-0.2, -0.15) is 0 Å². The number of ether oxygens (including phenoxy) is 1. The molecule has 0 amide bonds. The van der Waals surface area contributed by atoms with Crippen molar-refractivity contribution in [2.24, 2.45) is 5.41 Å². The first kappa shape index (κ1) is 28.9. The van der Waals surface area contributed by atoms with E-state index >= 15 is 0 Å². The lowest BCUT2D eigenvalue weighted by Gasteiger charge is -2.47. The summed E-state index contributed by atoms with van der Waals surface area (Å²) < 4.78 is 5.85. The Bertz CT molecular complexity index is 880. The zero-order chi connectivity index (χ0) is 25.1. The third-order valence-electron chi connectivity index (χ3n) is 6.11. The van der Waals surface area contributed by atoms with Crippen LogP contribution in [0.25, 0.3) is 0 Å². The molecule has 1 fully saturated rings. The molecule has 0 aliphatic heterocycles. The van der Waals surface area contributed by atoms with E-state index in [0.717, 1.165) is 12.8 Å². The van der Waals surface area contributed by atoms with Gasteiger partial charge in [-0.25, -0.2) is 0 Å². The molecule has 0 unspecified atom stereocenters. The largest absolute Gasteiger partial charge is 0.393 e. The van der Waals surface area contributed by atoms with Crippen molar-refractivity contribution in [2.75, 3.05) is 7.11 Å². The molecule has 0 aromatic rings. The number of hydrogen-bond donors (Lipinski definition) is 1. The predicted molar refractivity (Wildman–Crippen MR) is 145 cm³/mol. The molecule has 1 saturated carbocycles. The van der Waals surface area contributed by atoms with Gasteiger partial charge in [0.2, 0.25) is 0 Å². The molecular formula is C31H46O2. The summed E-state index contributed by atoms with van der Waals surface area (Å²) in [6.45, 7) is 17.1. The molecule has 0 aromatic heterocycles. The predicted octanol–water partition coefficient (Wildman–Crippen LogP) is 8.36. The van der Waals surface area contributed by atoms with Gasteiger partial charge in [0, 0.05) is 13.5 Å². The Balaban J connectivity index is 2.75. The Morgan fingerprint density at radius 2 is 1.39 bits per heavy atom. The van der Waals surface area contributed by atoms with Crippen molar-refractivity contribution < 1.29 is 9.84 Å². The Morgan fingerprint density at radius 3 is 1.91 bits per heavy atom. The minimum Gasteiger partial charge on any atom is -0.393 e. The molecule has 2 nitrogen and oxygen atoms in total. The van der Waals surface area contributed by atoms with E-state index in [9.17, 15) is 5.11 Å². The van der Waals surface area contributed by atoms with Gasteiger partial charge >= 0.3 is 0 Å². The third-order valence-corrected chi connectivity index (χ3v) is 6.11. The molecule has 33 heavy (non-hydrogen) atoms. The monoisotopic (exact) mass is 450 g/mol. The van der Waals surface area contributed by atoms with Crippen LogP contribution in [0, 0.1) is 5.41 Å². The van der Waals surface area contributed by atoms with Crippen LogP contribution in [0.4, 0.5) is 0 Å². The lowest BCUT2D eigenvalue weighted by atomic mass is 9.64. The van der Waals surface area contributed by atoms with E-state index in [1.807, 2.05) is 0 Å². The summed E-state index contributed by atoms with van der Waals surface area (Å²) in [5, 5.41) is 10.3. The van der Waals surface area contributed by atoms with Crippen molar-refractivity contribution in [1.82, 2.24) is 0 Å². The van der Waals surface area contributed by atoms with Crippen molar-refractivity contribution in [2.45, 2.75) is 86.4 Å². The first-order valence-corrected chi connectivity index (χ1v) is 12.0. The van der Waals surface area contributed by atoms with Gasteiger partial charge in [0.25, 0.3) is 0 Å². The van der Waals surface area contributed by atoms with Crippen LogP contribution >= 0.6 is 0 Å². The van der Waals surface area contributed by atoms with E-state index in [0.29, 0.717) is 6.42 Å². The molecule has 0 aromatic carbocycles. The van der Waals surface area contributed by atoms with E-state index in [4.69, 9.17) is 4.74 Å². The summed E-state index contributed by atoms with van der Waals surface area (Å²) in [7, 11) is 1.75. The van der Waals surface area contributed by atoms with Crippen LogP contribution < -0.4 is 0 Å². The number of rotatable bonds is 9. The minimum atomic E-state index is -0.406. The highest BCUT2D eigenvalue weighted by Crippen LogP contribution is 2.47. The van der Waals surface area contributed by atoms with Gasteiger partial charge in [-0.15, -0.1) is 0 Å². The molecule has 182 valence electrons. The Morgan fingerprint density at radius 1 is 0.848 bits per heavy atom. The molecule has 1 aliphatic rings. The van der Waals surface area contributed by atoms with E-state index < -0.39 is 5.60 Å². The fourth-order valence-electron chi connectivity index (χ4n) is 4.35. The molecule has 1 aliphatic carbocycles. The van der Waals surface area contributed by atoms with Crippen molar-refractivity contribution in [3.63, 3.8) is 0 Å². The standard InChI is InChI=1S/C31H46O2/c1-24(2)14-12-17-25(3)15-10-11-16-26(4)18-13-19-27(5)20-21-29-30(6,7)22-28(32)23-31(29,8)33-9/h10-19,21,28,32H,20,22-23H2,1-9H3/b11-10+,17-12+,18-13+,25-15+,26-16+,27-19+,29-21-/t28-,31+/m0/s1. The van der Waals surface area contributed by atoms with Crippen LogP contribution in [-0.4, -0.2) is 23.9 Å². The average molecular weight is 451 g/mol. The lowest BCUT2D eigenvalue weighted by molar-refractivity contribution is -0.0539. The normalized spacial score (nSPS) is 26.2. The zero-order valence-electron chi connectivity index (χ0n) is 22.4. The SMILES string of the molecule is CO[C@]1(C)C[C@@H](O)CC(C)(C)/C1=C/C/C(C)=C/C=C/C(C)=C/C=C/C=C(C)/C=C/C=C(C)C. The molecule has 0 saturated heterocycles. The van der Waals surface area contributed by atoms with Crippen molar-refractivity contribution in [3.8, 4) is 0 Å². The second kappa shape index (κ2) is 13.5. The van der Waals surface area contributed by atoms with Crippen molar-refractivity contribution in [1.29, 1.82) is 0 Å². The van der Waals surface area contributed by atoms with E-state index in [1.165, 1.54) is 27.9 Å². The lowest BCUT2D eigenvalue weighted by Crippen LogP contribution is -2.46. The molecule has 0 spiro atoms. The maximum absolute atomic E-state index is 10.3. The molecule has 1 rings (SSSR count). The summed E-state index contributed by atoms with van der Waals surface area (Å²) in [5.41, 5.74) is 5.83. The second-order valence-corrected chi connectivity index (χ2v) is 10.4. The maximum Gasteiger partial charge on any atom is 0.0889 e. The first-order chi connectivity index (χ1) is 15.4. The number of methoxy groups -OCH3 is 1. The number of aliphatic hydroxyl groups is 1. The highest BCUT2D eigenvalue weighted by molar-refractivity contribution is 5.31. The minimum absolute atomic E-state index is 0.0710. The molecule has 2 atom stereocenters. The molecule has 0 bridgehead atoms. The Hall–Kier alpha value is -2.16. The summed E-state index contributed by atoms with van der Waals surface area (Å²) in [6, 6.07) is 0. The molecule has 2 heteroatoms. The quantitative estimate of drug-likeness (QED) is 0.282. The van der Waals surface area contributed by atoms with Crippen LogP contribution in [0.1, 0.15) is 74.7 Å². The second-order valence-electron chi connectivity index (χ2n) is 10.4. The smallest absolute Gasteiger partial charge is 0.0889 e. The fourth-order valence-corrected chi connectivity index (χ4v) is 4.35. The average Bonchev–Trinajstić information content (AvgIpc) is 2.69. The summed E-state index contributed by atoms with van der Waals surface area (Å²) in [5.74, 6) is 0. The van der Waals surface area contributed by atoms with E-state index in [1.54, 1.807) is 7.11 Å². The van der Waals surface area contributed by atoms with Gasteiger partial charge in [-0.1, -0.05) is 103 Å². The van der Waals surface area contributed by atoms with Crippen LogP contribution in [0.2, 0.25) is 0 Å². The highest BCUT2D eigenvalue weighted by Gasteiger charge is 2.45. The summed E-state index contributed by atoms with van der Waals surface area (Å²) in [6.07, 6.45) is 25.4. The molecule has 0 heterocycles. The van der Waals surface area contributed by atoms with Crippen LogP contribution in [0.3, 0.4) is 0 Å². The molecule has 1 N–H and O–H groups in total. The van der Waals surface area contributed by atoms with Gasteiger partial charge in [0.15, 0.2) is 0 Å². The van der Waals surface area contributed by atoms with Gasteiger partial charge in [0.1, 0.15) is 0 Å². The fraction of sp³-hybridized carbons (Fsp3) is 0.484. The van der Waals surface area contributed by atoms with Gasteiger partial charge in [0.05, 0.1) is 11.7 Å². The molecule has 0 radical (unpaired) electrons. The van der Waals surface area contributed by atoms with Gasteiger partial charge < -0.3 is 9.84 Å². The maximum atomic E-state index is 10.3. The summed E-state index contributed by atoms with van der Waals surface area (Å²) in [4.78, 5) is 0. The third kappa shape index (κ3) is 10.5. The van der Waals surface area contributed by atoms with Crippen molar-refractivity contribution in [3.05, 3.63) is 94.7 Å². The Kier molecular flexibility index (Phi) is 11.8. The topological polar surface area (TPSA) is 29.5 Å². The van der Waals surface area contributed by atoms with Crippen LogP contribution in [0.15, 0.2) is 94.7 Å². The Labute approximate surface area is 203 Å². The van der Waals surface area contributed by atoms with E-state index in [-0.39, 0.29) is 11.5 Å². The number of allylic oxidation sites excluding steroid dienone is 15. The number of aliphatic hydroxyl groups excluding tert-OH is 1. The van der Waals surface area contributed by atoms with E-state index in [2.05, 4.69) is 122 Å². The summed E-state index contributed by atoms with van der Waals surface area (Å²) >= 11 is 0. The van der Waals surface area contributed by atoms with Crippen LogP contribution in [0.5, 0.6) is 0 Å². The van der Waals surface area contributed by atoms with Crippen molar-refractivity contribution >= 4 is 0 Å². The van der Waals surface area contributed by atoms with Crippen LogP contribution in [-0.2, 0) is 4.74 Å². The van der Waals surface area contributed by atoms with Gasteiger partial charge in [-0.3, -0.25) is 0 Å². The van der Waals surface area contributed by atoms with Gasteiger partial charge in [-0.05, 0) is 65.4 Å². The zero-order valence-corrected chi connectivity index (χ0v) is 22.4.